The van der Waals surface area contributed by atoms with Gasteiger partial charge >= 0.3 is 0 Å². The summed E-state index contributed by atoms with van der Waals surface area (Å²) in [6.07, 6.45) is 3.41. The summed E-state index contributed by atoms with van der Waals surface area (Å²) in [7, 11) is -3.53. The molecular weight excluding hydrogens is 448 g/mol. The van der Waals surface area contributed by atoms with Crippen molar-refractivity contribution < 1.29 is 13.2 Å². The van der Waals surface area contributed by atoms with E-state index in [1.807, 2.05) is 23.6 Å². The quantitative estimate of drug-likeness (QED) is 0.485. The van der Waals surface area contributed by atoms with Gasteiger partial charge in [0.05, 0.1) is 10.6 Å². The van der Waals surface area contributed by atoms with Gasteiger partial charge in [-0.25, -0.2) is 8.42 Å². The predicted molar refractivity (Wildman–Crippen MR) is 121 cm³/mol. The lowest BCUT2D eigenvalue weighted by Gasteiger charge is -2.34. The number of sulfonamides is 1. The summed E-state index contributed by atoms with van der Waals surface area (Å²) in [5, 5.41) is 9.21. The minimum atomic E-state index is -3.53. The van der Waals surface area contributed by atoms with E-state index in [2.05, 4.69) is 15.2 Å². The first-order valence-corrected chi connectivity index (χ1v) is 12.7. The average Bonchev–Trinajstić information content (AvgIpc) is 3.26. The molecule has 11 heteroatoms. The molecule has 1 aromatic carbocycles. The lowest BCUT2D eigenvalue weighted by atomic mass is 10.2. The van der Waals surface area contributed by atoms with Crippen LogP contribution in [0.15, 0.2) is 64.9 Å². The highest BCUT2D eigenvalue weighted by Gasteiger charge is 2.30. The van der Waals surface area contributed by atoms with Gasteiger partial charge in [0.2, 0.25) is 15.9 Å². The van der Waals surface area contributed by atoms with Crippen molar-refractivity contribution in [1.29, 1.82) is 0 Å². The van der Waals surface area contributed by atoms with Crippen LogP contribution in [0.2, 0.25) is 0 Å². The number of aromatic nitrogens is 4. The van der Waals surface area contributed by atoms with Crippen LogP contribution >= 0.6 is 11.8 Å². The molecule has 32 heavy (non-hydrogen) atoms. The van der Waals surface area contributed by atoms with E-state index in [-0.39, 0.29) is 29.6 Å². The molecule has 1 fully saturated rings. The number of rotatable bonds is 7. The van der Waals surface area contributed by atoms with Gasteiger partial charge in [-0.05, 0) is 31.2 Å². The Hall–Kier alpha value is -2.76. The highest BCUT2D eigenvalue weighted by molar-refractivity contribution is 7.99. The van der Waals surface area contributed by atoms with Gasteiger partial charge in [-0.15, -0.1) is 10.2 Å². The van der Waals surface area contributed by atoms with Crippen molar-refractivity contribution in [1.82, 2.24) is 29.0 Å². The number of hydrogen-bond acceptors (Lipinski definition) is 7. The molecule has 1 aliphatic rings. The Kier molecular flexibility index (Phi) is 6.87. The monoisotopic (exact) mass is 472 g/mol. The predicted octanol–water partition coefficient (Wildman–Crippen LogP) is 1.99. The van der Waals surface area contributed by atoms with Crippen molar-refractivity contribution in [2.75, 3.05) is 31.9 Å². The third kappa shape index (κ3) is 4.69. The van der Waals surface area contributed by atoms with E-state index in [0.29, 0.717) is 24.8 Å². The van der Waals surface area contributed by atoms with Crippen LogP contribution in [0.3, 0.4) is 0 Å². The van der Waals surface area contributed by atoms with Crippen molar-refractivity contribution in [3.63, 3.8) is 0 Å². The van der Waals surface area contributed by atoms with Crippen molar-refractivity contribution in [2.24, 2.45) is 0 Å². The van der Waals surface area contributed by atoms with Gasteiger partial charge in [0.25, 0.3) is 0 Å². The Morgan fingerprint density at radius 2 is 1.69 bits per heavy atom. The third-order valence-corrected chi connectivity index (χ3v) is 8.13. The fourth-order valence-electron chi connectivity index (χ4n) is 3.53. The molecule has 3 heterocycles. The van der Waals surface area contributed by atoms with E-state index in [0.717, 1.165) is 11.4 Å². The number of benzene rings is 1. The van der Waals surface area contributed by atoms with Crippen LogP contribution in [0.5, 0.6) is 0 Å². The second-order valence-electron chi connectivity index (χ2n) is 7.17. The summed E-state index contributed by atoms with van der Waals surface area (Å²) < 4.78 is 28.9. The van der Waals surface area contributed by atoms with Crippen LogP contribution in [0.1, 0.15) is 6.92 Å². The van der Waals surface area contributed by atoms with Gasteiger partial charge in [0, 0.05) is 50.7 Å². The van der Waals surface area contributed by atoms with E-state index >= 15 is 0 Å². The Morgan fingerprint density at radius 3 is 2.34 bits per heavy atom. The molecular formula is C21H24N6O3S2. The van der Waals surface area contributed by atoms with Crippen molar-refractivity contribution >= 4 is 27.7 Å². The maximum atomic E-state index is 12.8. The first kappa shape index (κ1) is 22.4. The zero-order chi connectivity index (χ0) is 22.6. The summed E-state index contributed by atoms with van der Waals surface area (Å²) in [6.45, 7) is 3.99. The topological polar surface area (TPSA) is 101 Å². The molecule has 0 spiro atoms. The van der Waals surface area contributed by atoms with E-state index in [4.69, 9.17) is 0 Å². The van der Waals surface area contributed by atoms with Crippen LogP contribution in [0, 0.1) is 0 Å². The maximum Gasteiger partial charge on any atom is 0.243 e. The largest absolute Gasteiger partial charge is 0.339 e. The third-order valence-electron chi connectivity index (χ3n) is 5.27. The van der Waals surface area contributed by atoms with Crippen molar-refractivity contribution in [3.05, 3.63) is 54.9 Å². The van der Waals surface area contributed by atoms with Gasteiger partial charge in [0.1, 0.15) is 0 Å². The highest BCUT2D eigenvalue weighted by atomic mass is 32.2. The molecule has 0 atom stereocenters. The van der Waals surface area contributed by atoms with Crippen LogP contribution in [0.4, 0.5) is 0 Å². The zero-order valence-electron chi connectivity index (χ0n) is 17.7. The first-order chi connectivity index (χ1) is 15.5. The summed E-state index contributed by atoms with van der Waals surface area (Å²) in [5.41, 5.74) is 0.920. The second-order valence-corrected chi connectivity index (χ2v) is 10.1. The number of piperazine rings is 1. The SMILES string of the molecule is CCn1c(SCC(=O)N2CCN(S(=O)(=O)c3ccccc3)CC2)nnc1-c1ccncc1. The fraction of sp³-hybridized carbons (Fsp3) is 0.333. The summed E-state index contributed by atoms with van der Waals surface area (Å²) >= 11 is 1.34. The van der Waals surface area contributed by atoms with Crippen LogP contribution < -0.4 is 0 Å². The molecule has 0 aliphatic carbocycles. The standard InChI is InChI=1S/C21H24N6O3S2/c1-2-27-20(17-8-10-22-11-9-17)23-24-21(27)31-16-19(28)25-12-14-26(15-13-25)32(29,30)18-6-4-3-5-7-18/h3-11H,2,12-16H2,1H3. The molecule has 4 rings (SSSR count). The van der Waals surface area contributed by atoms with Gasteiger partial charge in [-0.1, -0.05) is 30.0 Å². The van der Waals surface area contributed by atoms with Crippen molar-refractivity contribution in [2.45, 2.75) is 23.5 Å². The Balaban J connectivity index is 1.35. The molecule has 0 unspecified atom stereocenters. The Morgan fingerprint density at radius 1 is 1.00 bits per heavy atom. The smallest absolute Gasteiger partial charge is 0.243 e. The molecule has 1 saturated heterocycles. The number of amides is 1. The molecule has 0 radical (unpaired) electrons. The van der Waals surface area contributed by atoms with Gasteiger partial charge in [0.15, 0.2) is 11.0 Å². The molecule has 0 bridgehead atoms. The van der Waals surface area contributed by atoms with E-state index < -0.39 is 10.0 Å². The highest BCUT2D eigenvalue weighted by Crippen LogP contribution is 2.24. The molecule has 168 valence electrons. The van der Waals surface area contributed by atoms with E-state index in [1.54, 1.807) is 47.6 Å². The number of pyridine rings is 1. The van der Waals surface area contributed by atoms with Gasteiger partial charge in [-0.2, -0.15) is 4.31 Å². The minimum Gasteiger partial charge on any atom is -0.339 e. The molecule has 3 aromatic rings. The summed E-state index contributed by atoms with van der Waals surface area (Å²) in [5.74, 6) is 0.923. The second kappa shape index (κ2) is 9.80. The van der Waals surface area contributed by atoms with Crippen LogP contribution in [0.25, 0.3) is 11.4 Å². The zero-order valence-corrected chi connectivity index (χ0v) is 19.3. The summed E-state index contributed by atoms with van der Waals surface area (Å²) in [4.78, 5) is 18.8. The van der Waals surface area contributed by atoms with Gasteiger partial charge in [-0.3, -0.25) is 9.78 Å². The van der Waals surface area contributed by atoms with Crippen LogP contribution in [-0.4, -0.2) is 75.2 Å². The molecule has 0 N–H and O–H groups in total. The lowest BCUT2D eigenvalue weighted by Crippen LogP contribution is -2.50. The lowest BCUT2D eigenvalue weighted by molar-refractivity contribution is -0.129. The number of carbonyl (C=O) groups excluding carboxylic acids is 1. The van der Waals surface area contributed by atoms with E-state index in [1.165, 1.54) is 16.1 Å². The molecule has 9 nitrogen and oxygen atoms in total. The van der Waals surface area contributed by atoms with E-state index in [9.17, 15) is 13.2 Å². The molecule has 0 saturated carbocycles. The van der Waals surface area contributed by atoms with Crippen LogP contribution in [-0.2, 0) is 21.4 Å². The van der Waals surface area contributed by atoms with Crippen molar-refractivity contribution in [3.8, 4) is 11.4 Å². The first-order valence-electron chi connectivity index (χ1n) is 10.3. The average molecular weight is 473 g/mol. The maximum absolute atomic E-state index is 12.8. The minimum absolute atomic E-state index is 0.0390. The normalized spacial score (nSPS) is 15.1. The van der Waals surface area contributed by atoms with Gasteiger partial charge < -0.3 is 9.47 Å². The fourth-order valence-corrected chi connectivity index (χ4v) is 5.88. The summed E-state index contributed by atoms with van der Waals surface area (Å²) in [6, 6.07) is 12.1. The number of nitrogens with zero attached hydrogens (tertiary/aromatic N) is 6. The molecule has 1 amide bonds. The Bertz CT molecular complexity index is 1160. The molecule has 2 aromatic heterocycles. The Labute approximate surface area is 191 Å². The number of thioether (sulfide) groups is 1. The number of hydrogen-bond donors (Lipinski definition) is 0. The number of carbonyl (C=O) groups is 1. The molecule has 1 aliphatic heterocycles.